The molecule has 0 saturated carbocycles. The number of aromatic nitrogens is 3. The monoisotopic (exact) mass is 362 g/mol. The summed E-state index contributed by atoms with van der Waals surface area (Å²) in [5.41, 5.74) is 3.60. The van der Waals surface area contributed by atoms with Gasteiger partial charge in [-0.25, -0.2) is 0 Å². The summed E-state index contributed by atoms with van der Waals surface area (Å²) in [6, 6.07) is 6.25. The van der Waals surface area contributed by atoms with Gasteiger partial charge >= 0.3 is 0 Å². The van der Waals surface area contributed by atoms with E-state index in [1.54, 1.807) is 13.4 Å². The molecule has 25 heavy (non-hydrogen) atoms. The molecule has 1 N–H and O–H groups in total. The van der Waals surface area contributed by atoms with Crippen molar-refractivity contribution in [2.75, 3.05) is 19.5 Å². The van der Waals surface area contributed by atoms with Crippen molar-refractivity contribution in [2.24, 2.45) is 0 Å². The number of nitrogens with one attached hydrogen (secondary N) is 1. The zero-order valence-corrected chi connectivity index (χ0v) is 16.1. The van der Waals surface area contributed by atoms with E-state index in [0.717, 1.165) is 23.7 Å². The second-order valence-corrected chi connectivity index (χ2v) is 7.02. The third-order valence-corrected chi connectivity index (χ3v) is 5.05. The predicted molar refractivity (Wildman–Crippen MR) is 99.7 cm³/mol. The van der Waals surface area contributed by atoms with Gasteiger partial charge in [-0.15, -0.1) is 10.2 Å². The number of hydrogen-bond donors (Lipinski definition) is 1. The number of rotatable bonds is 9. The largest absolute Gasteiger partial charge is 0.385 e. The van der Waals surface area contributed by atoms with Crippen LogP contribution < -0.4 is 5.32 Å². The first-order valence-corrected chi connectivity index (χ1v) is 9.36. The molecule has 136 valence electrons. The van der Waals surface area contributed by atoms with Gasteiger partial charge in [0.25, 0.3) is 0 Å². The van der Waals surface area contributed by atoms with Gasteiger partial charge in [-0.1, -0.05) is 30.0 Å². The van der Waals surface area contributed by atoms with E-state index < -0.39 is 0 Å². The minimum Gasteiger partial charge on any atom is -0.385 e. The van der Waals surface area contributed by atoms with Gasteiger partial charge in [-0.05, 0) is 43.9 Å². The molecule has 0 fully saturated rings. The Morgan fingerprint density at radius 3 is 2.88 bits per heavy atom. The van der Waals surface area contributed by atoms with Gasteiger partial charge in [-0.3, -0.25) is 4.79 Å². The van der Waals surface area contributed by atoms with Crippen LogP contribution in [0.5, 0.6) is 0 Å². The number of carbonyl (C=O) groups is 1. The fourth-order valence-corrected chi connectivity index (χ4v) is 3.17. The first-order chi connectivity index (χ1) is 12.0. The van der Waals surface area contributed by atoms with Crippen LogP contribution in [0.4, 0.5) is 0 Å². The number of nitrogens with zero attached hydrogens (tertiary/aromatic N) is 3. The molecule has 0 bridgehead atoms. The molecule has 1 aromatic heterocycles. The van der Waals surface area contributed by atoms with E-state index in [9.17, 15) is 4.79 Å². The van der Waals surface area contributed by atoms with Gasteiger partial charge in [0, 0.05) is 20.3 Å². The first kappa shape index (κ1) is 19.5. The molecule has 1 unspecified atom stereocenters. The Hall–Kier alpha value is -1.86. The molecule has 0 spiro atoms. The highest BCUT2D eigenvalue weighted by Crippen LogP contribution is 2.18. The molecule has 2 rings (SSSR count). The molecule has 1 amide bonds. The van der Waals surface area contributed by atoms with Crippen LogP contribution in [0.15, 0.2) is 29.7 Å². The fraction of sp³-hybridized carbons (Fsp3) is 0.500. The molecule has 7 heteroatoms. The van der Waals surface area contributed by atoms with E-state index in [1.165, 1.54) is 22.9 Å². The zero-order valence-electron chi connectivity index (χ0n) is 15.3. The van der Waals surface area contributed by atoms with Crippen molar-refractivity contribution >= 4 is 17.7 Å². The maximum Gasteiger partial charge on any atom is 0.230 e. The van der Waals surface area contributed by atoms with Crippen molar-refractivity contribution in [2.45, 2.75) is 44.9 Å². The van der Waals surface area contributed by atoms with E-state index in [-0.39, 0.29) is 11.9 Å². The lowest BCUT2D eigenvalue weighted by atomic mass is 10.0. The molecule has 1 aromatic carbocycles. The van der Waals surface area contributed by atoms with Crippen molar-refractivity contribution in [3.05, 3.63) is 41.2 Å². The summed E-state index contributed by atoms with van der Waals surface area (Å²) < 4.78 is 7.00. The quantitative estimate of drug-likeness (QED) is 0.549. The van der Waals surface area contributed by atoms with Crippen LogP contribution in [0.3, 0.4) is 0 Å². The number of amides is 1. The fourth-order valence-electron chi connectivity index (χ4n) is 2.42. The number of aryl methyl sites for hydroxylation is 3. The number of thioether (sulfide) groups is 1. The van der Waals surface area contributed by atoms with Gasteiger partial charge in [0.05, 0.1) is 11.8 Å². The lowest BCUT2D eigenvalue weighted by Crippen LogP contribution is -2.28. The minimum atomic E-state index is -0.0213. The molecule has 1 heterocycles. The molecule has 2 aromatic rings. The van der Waals surface area contributed by atoms with Gasteiger partial charge in [0.1, 0.15) is 6.33 Å². The number of hydrogen-bond acceptors (Lipinski definition) is 5. The standard InChI is InChI=1S/C18H26N4O2S/c1-13-6-7-16(10-14(13)2)15(3)20-17(23)11-25-18-21-19-12-22(18)8-5-9-24-4/h6-7,10,12,15H,5,8-9,11H2,1-4H3,(H,20,23). The Balaban J connectivity index is 1.84. The number of ether oxygens (including phenoxy) is 1. The highest BCUT2D eigenvalue weighted by molar-refractivity contribution is 7.99. The number of methoxy groups -OCH3 is 1. The van der Waals surface area contributed by atoms with Gasteiger partial charge in [0.2, 0.25) is 5.91 Å². The summed E-state index contributed by atoms with van der Waals surface area (Å²) in [5.74, 6) is 0.306. The predicted octanol–water partition coefficient (Wildman–Crippen LogP) is 2.90. The van der Waals surface area contributed by atoms with Crippen molar-refractivity contribution < 1.29 is 9.53 Å². The third kappa shape index (κ3) is 5.86. The summed E-state index contributed by atoms with van der Waals surface area (Å²) in [5, 5.41) is 11.8. The van der Waals surface area contributed by atoms with Crippen LogP contribution in [0.2, 0.25) is 0 Å². The minimum absolute atomic E-state index is 0.0119. The molecule has 1 atom stereocenters. The average molecular weight is 362 g/mol. The Morgan fingerprint density at radius 2 is 2.16 bits per heavy atom. The van der Waals surface area contributed by atoms with Crippen molar-refractivity contribution in [3.63, 3.8) is 0 Å². The van der Waals surface area contributed by atoms with Gasteiger partial charge < -0.3 is 14.6 Å². The van der Waals surface area contributed by atoms with Crippen LogP contribution in [0.1, 0.15) is 36.1 Å². The Bertz CT molecular complexity index is 702. The molecular formula is C18H26N4O2S. The maximum absolute atomic E-state index is 12.2. The highest BCUT2D eigenvalue weighted by Gasteiger charge is 2.12. The zero-order chi connectivity index (χ0) is 18.2. The first-order valence-electron chi connectivity index (χ1n) is 8.37. The van der Waals surface area contributed by atoms with E-state index in [4.69, 9.17) is 4.74 Å². The molecule has 0 radical (unpaired) electrons. The highest BCUT2D eigenvalue weighted by atomic mass is 32.2. The van der Waals surface area contributed by atoms with Gasteiger partial charge in [0.15, 0.2) is 5.16 Å². The smallest absolute Gasteiger partial charge is 0.230 e. The summed E-state index contributed by atoms with van der Waals surface area (Å²) in [6.45, 7) is 7.64. The third-order valence-electron chi connectivity index (χ3n) is 4.07. The number of benzene rings is 1. The second kappa shape index (κ2) is 9.58. The summed E-state index contributed by atoms with van der Waals surface area (Å²) in [4.78, 5) is 12.2. The van der Waals surface area contributed by atoms with E-state index >= 15 is 0 Å². The van der Waals surface area contributed by atoms with Crippen LogP contribution in [0.25, 0.3) is 0 Å². The molecule has 0 saturated heterocycles. The van der Waals surface area contributed by atoms with Crippen LogP contribution >= 0.6 is 11.8 Å². The SMILES string of the molecule is COCCCn1cnnc1SCC(=O)NC(C)c1ccc(C)c(C)c1. The molecule has 0 aliphatic heterocycles. The summed E-state index contributed by atoms with van der Waals surface area (Å²) in [7, 11) is 1.68. The second-order valence-electron chi connectivity index (χ2n) is 6.07. The lowest BCUT2D eigenvalue weighted by Gasteiger charge is -2.15. The summed E-state index contributed by atoms with van der Waals surface area (Å²) >= 11 is 1.40. The van der Waals surface area contributed by atoms with Crippen molar-refractivity contribution in [1.82, 2.24) is 20.1 Å². The lowest BCUT2D eigenvalue weighted by molar-refractivity contribution is -0.119. The summed E-state index contributed by atoms with van der Waals surface area (Å²) in [6.07, 6.45) is 2.58. The maximum atomic E-state index is 12.2. The molecule has 0 aliphatic carbocycles. The van der Waals surface area contributed by atoms with E-state index in [1.807, 2.05) is 11.5 Å². The Morgan fingerprint density at radius 1 is 1.36 bits per heavy atom. The Labute approximate surface area is 153 Å². The van der Waals surface area contributed by atoms with E-state index in [0.29, 0.717) is 12.4 Å². The number of carbonyl (C=O) groups excluding carboxylic acids is 1. The van der Waals surface area contributed by atoms with Gasteiger partial charge in [-0.2, -0.15) is 0 Å². The van der Waals surface area contributed by atoms with Crippen LogP contribution in [0, 0.1) is 13.8 Å². The average Bonchev–Trinajstić information content (AvgIpc) is 3.03. The van der Waals surface area contributed by atoms with Crippen LogP contribution in [-0.4, -0.2) is 40.1 Å². The Kier molecular flexibility index (Phi) is 7.46. The molecule has 6 nitrogen and oxygen atoms in total. The van der Waals surface area contributed by atoms with Crippen molar-refractivity contribution in [1.29, 1.82) is 0 Å². The van der Waals surface area contributed by atoms with Crippen molar-refractivity contribution in [3.8, 4) is 0 Å². The topological polar surface area (TPSA) is 69.0 Å². The van der Waals surface area contributed by atoms with E-state index in [2.05, 4.69) is 47.6 Å². The normalized spacial score (nSPS) is 12.2. The molecule has 0 aliphatic rings. The molecular weight excluding hydrogens is 336 g/mol. The van der Waals surface area contributed by atoms with Crippen LogP contribution in [-0.2, 0) is 16.1 Å².